The molecule has 7 nitrogen and oxygen atoms in total. The number of benzene rings is 1. The highest BCUT2D eigenvalue weighted by molar-refractivity contribution is 6.01. The van der Waals surface area contributed by atoms with Crippen molar-refractivity contribution >= 4 is 17.6 Å². The Hall–Kier alpha value is -2.28. The summed E-state index contributed by atoms with van der Waals surface area (Å²) in [6.45, 7) is 7.08. The fourth-order valence-electron chi connectivity index (χ4n) is 2.90. The van der Waals surface area contributed by atoms with Crippen LogP contribution in [0.15, 0.2) is 18.2 Å². The zero-order valence-corrected chi connectivity index (χ0v) is 15.6. The largest absolute Gasteiger partial charge is 0.486 e. The minimum Gasteiger partial charge on any atom is -0.486 e. The van der Waals surface area contributed by atoms with Gasteiger partial charge < -0.3 is 25.6 Å². The number of amides is 3. The van der Waals surface area contributed by atoms with Crippen molar-refractivity contribution in [3.63, 3.8) is 0 Å². The zero-order valence-electron chi connectivity index (χ0n) is 15.6. The average molecular weight is 348 g/mol. The van der Waals surface area contributed by atoms with Gasteiger partial charge in [0.15, 0.2) is 5.75 Å². The number of rotatable bonds is 4. The molecule has 2 rings (SSSR count). The Bertz CT molecular complexity index is 633. The molecule has 0 unspecified atom stereocenters. The van der Waals surface area contributed by atoms with Crippen molar-refractivity contribution < 1.29 is 14.3 Å². The second kappa shape index (κ2) is 8.20. The summed E-state index contributed by atoms with van der Waals surface area (Å²) >= 11 is 0. The molecule has 1 heterocycles. The summed E-state index contributed by atoms with van der Waals surface area (Å²) in [4.78, 5) is 26.5. The maximum absolute atomic E-state index is 12.7. The highest BCUT2D eigenvalue weighted by atomic mass is 16.5. The number of para-hydroxylation sites is 1. The molecule has 0 bridgehead atoms. The number of likely N-dealkylation sites (N-methyl/N-ethyl adjacent to an activating group) is 1. The Labute approximate surface area is 149 Å². The molecule has 0 radical (unpaired) electrons. The van der Waals surface area contributed by atoms with E-state index in [0.717, 1.165) is 0 Å². The van der Waals surface area contributed by atoms with Crippen LogP contribution in [0.2, 0.25) is 0 Å². The number of hydrogen-bond acceptors (Lipinski definition) is 4. The maximum Gasteiger partial charge on any atom is 0.319 e. The molecular weight excluding hydrogens is 320 g/mol. The normalized spacial score (nSPS) is 20.4. The number of urea groups is 1. The van der Waals surface area contributed by atoms with E-state index in [1.165, 1.54) is 0 Å². The first-order chi connectivity index (χ1) is 11.8. The maximum atomic E-state index is 12.7. The molecule has 3 amide bonds. The summed E-state index contributed by atoms with van der Waals surface area (Å²) in [5.74, 6) is 0.454. The first kappa shape index (κ1) is 19.1. The van der Waals surface area contributed by atoms with E-state index in [4.69, 9.17) is 4.74 Å². The zero-order chi connectivity index (χ0) is 18.6. The first-order valence-electron chi connectivity index (χ1n) is 8.60. The van der Waals surface area contributed by atoms with E-state index in [2.05, 4.69) is 22.9 Å². The molecule has 2 atom stereocenters. The van der Waals surface area contributed by atoms with Crippen molar-refractivity contribution in [1.29, 1.82) is 0 Å². The summed E-state index contributed by atoms with van der Waals surface area (Å²) in [5.41, 5.74) is 0.949. The van der Waals surface area contributed by atoms with Gasteiger partial charge in [0, 0.05) is 32.1 Å². The molecule has 1 aromatic carbocycles. The number of ether oxygens (including phenoxy) is 1. The second-order valence-corrected chi connectivity index (χ2v) is 6.81. The van der Waals surface area contributed by atoms with Crippen LogP contribution in [0.5, 0.6) is 5.75 Å². The first-order valence-corrected chi connectivity index (χ1v) is 8.60. The summed E-state index contributed by atoms with van der Waals surface area (Å²) in [5, 5.41) is 8.71. The van der Waals surface area contributed by atoms with Crippen LogP contribution in [0.3, 0.4) is 0 Å². The van der Waals surface area contributed by atoms with E-state index >= 15 is 0 Å². The molecular formula is C18H28N4O3. The van der Waals surface area contributed by atoms with E-state index in [-0.39, 0.29) is 30.0 Å². The smallest absolute Gasteiger partial charge is 0.319 e. The quantitative estimate of drug-likeness (QED) is 0.776. The van der Waals surface area contributed by atoms with E-state index in [9.17, 15) is 9.59 Å². The van der Waals surface area contributed by atoms with Crippen LogP contribution in [0.1, 0.15) is 31.1 Å². The topological polar surface area (TPSA) is 82.7 Å². The van der Waals surface area contributed by atoms with Gasteiger partial charge in [0.2, 0.25) is 0 Å². The minimum atomic E-state index is -0.326. The summed E-state index contributed by atoms with van der Waals surface area (Å²) in [6.07, 6.45) is -0.115. The third kappa shape index (κ3) is 4.63. The molecule has 0 spiro atoms. The number of carbonyl (C=O) groups is 2. The molecule has 1 aliphatic rings. The molecule has 1 aliphatic heterocycles. The van der Waals surface area contributed by atoms with E-state index < -0.39 is 0 Å². The predicted octanol–water partition coefficient (Wildman–Crippen LogP) is 1.90. The standard InChI is InChI=1S/C18H28N4O3/c1-11(2)20-18(24)21-14-8-6-7-13-16(14)25-15(9-19-4)12(3)10-22(5)17(13)23/h6-8,11-12,15,19H,9-10H2,1-5H3,(H2,20,21,24)/t12-,15+/m0/s1. The number of fused-ring (bicyclic) bond motifs is 1. The lowest BCUT2D eigenvalue weighted by molar-refractivity contribution is 0.0639. The van der Waals surface area contributed by atoms with Crippen LogP contribution in [-0.2, 0) is 0 Å². The van der Waals surface area contributed by atoms with Gasteiger partial charge in [0.1, 0.15) is 6.10 Å². The van der Waals surface area contributed by atoms with Crippen molar-refractivity contribution in [2.24, 2.45) is 5.92 Å². The van der Waals surface area contributed by atoms with Crippen LogP contribution in [-0.4, -0.2) is 56.2 Å². The van der Waals surface area contributed by atoms with E-state index in [1.807, 2.05) is 20.9 Å². The number of anilines is 1. The molecule has 0 aliphatic carbocycles. The van der Waals surface area contributed by atoms with Gasteiger partial charge in [-0.15, -0.1) is 0 Å². The number of nitrogens with one attached hydrogen (secondary N) is 3. The van der Waals surface area contributed by atoms with Crippen LogP contribution in [0, 0.1) is 5.92 Å². The summed E-state index contributed by atoms with van der Waals surface area (Å²) in [6, 6.07) is 4.90. The van der Waals surface area contributed by atoms with Crippen LogP contribution < -0.4 is 20.7 Å². The number of hydrogen-bond donors (Lipinski definition) is 3. The molecule has 138 valence electrons. The van der Waals surface area contributed by atoms with Crippen molar-refractivity contribution in [2.45, 2.75) is 32.9 Å². The minimum absolute atomic E-state index is 0.0104. The van der Waals surface area contributed by atoms with E-state index in [1.54, 1.807) is 30.1 Å². The monoisotopic (exact) mass is 348 g/mol. The van der Waals surface area contributed by atoms with Crippen LogP contribution in [0.4, 0.5) is 10.5 Å². The summed E-state index contributed by atoms with van der Waals surface area (Å²) < 4.78 is 6.19. The van der Waals surface area contributed by atoms with Crippen molar-refractivity contribution in [2.75, 3.05) is 32.5 Å². The van der Waals surface area contributed by atoms with Crippen molar-refractivity contribution in [3.05, 3.63) is 23.8 Å². The lowest BCUT2D eigenvalue weighted by atomic mass is 10.0. The molecule has 7 heteroatoms. The van der Waals surface area contributed by atoms with Gasteiger partial charge in [-0.2, -0.15) is 0 Å². The number of nitrogens with zero attached hydrogens (tertiary/aromatic N) is 1. The molecule has 1 aromatic rings. The van der Waals surface area contributed by atoms with Crippen LogP contribution >= 0.6 is 0 Å². The molecule has 25 heavy (non-hydrogen) atoms. The average Bonchev–Trinajstić information content (AvgIpc) is 2.53. The number of carbonyl (C=O) groups excluding carboxylic acids is 2. The van der Waals surface area contributed by atoms with Gasteiger partial charge >= 0.3 is 6.03 Å². The van der Waals surface area contributed by atoms with Crippen molar-refractivity contribution in [1.82, 2.24) is 15.5 Å². The highest BCUT2D eigenvalue weighted by Gasteiger charge is 2.30. The lowest BCUT2D eigenvalue weighted by Crippen LogP contribution is -2.44. The molecule has 0 saturated heterocycles. The lowest BCUT2D eigenvalue weighted by Gasteiger charge is -2.33. The fourth-order valence-corrected chi connectivity index (χ4v) is 2.90. The van der Waals surface area contributed by atoms with Crippen molar-refractivity contribution in [3.8, 4) is 5.75 Å². The molecule has 0 saturated carbocycles. The van der Waals surface area contributed by atoms with Gasteiger partial charge in [0.05, 0.1) is 11.3 Å². The van der Waals surface area contributed by atoms with E-state index in [0.29, 0.717) is 30.1 Å². The highest BCUT2D eigenvalue weighted by Crippen LogP contribution is 2.33. The Morgan fingerprint density at radius 2 is 2.12 bits per heavy atom. The van der Waals surface area contributed by atoms with Gasteiger partial charge in [-0.3, -0.25) is 4.79 Å². The fraction of sp³-hybridized carbons (Fsp3) is 0.556. The second-order valence-electron chi connectivity index (χ2n) is 6.81. The Kier molecular flexibility index (Phi) is 6.25. The van der Waals surface area contributed by atoms with Gasteiger partial charge in [-0.25, -0.2) is 4.79 Å². The predicted molar refractivity (Wildman–Crippen MR) is 98.2 cm³/mol. The van der Waals surface area contributed by atoms with Crippen LogP contribution in [0.25, 0.3) is 0 Å². The van der Waals surface area contributed by atoms with Gasteiger partial charge in [-0.05, 0) is 33.0 Å². The Morgan fingerprint density at radius 1 is 1.40 bits per heavy atom. The Balaban J connectivity index is 2.40. The van der Waals surface area contributed by atoms with Gasteiger partial charge in [-0.1, -0.05) is 13.0 Å². The third-order valence-corrected chi connectivity index (χ3v) is 4.13. The Morgan fingerprint density at radius 3 is 2.76 bits per heavy atom. The summed E-state index contributed by atoms with van der Waals surface area (Å²) in [7, 11) is 3.65. The van der Waals surface area contributed by atoms with Gasteiger partial charge in [0.25, 0.3) is 5.91 Å². The molecule has 0 aromatic heterocycles. The molecule has 0 fully saturated rings. The third-order valence-electron chi connectivity index (χ3n) is 4.13. The SMILES string of the molecule is CNC[C@H]1Oc2c(NC(=O)NC(C)C)cccc2C(=O)N(C)C[C@@H]1C. The molecule has 3 N–H and O–H groups in total.